The van der Waals surface area contributed by atoms with E-state index in [1.165, 1.54) is 25.7 Å². The van der Waals surface area contributed by atoms with Crippen molar-refractivity contribution in [1.82, 2.24) is 0 Å². The number of hydrogen-bond donors (Lipinski definition) is 1. The molecule has 0 heterocycles. The summed E-state index contributed by atoms with van der Waals surface area (Å²) in [7, 11) is 0. The first-order chi connectivity index (χ1) is 4.81. The molecule has 0 unspecified atom stereocenters. The van der Waals surface area contributed by atoms with Gasteiger partial charge in [-0.1, -0.05) is 0 Å². The third kappa shape index (κ3) is 6.64. The minimum absolute atomic E-state index is 1.14. The zero-order valence-electron chi connectivity index (χ0n) is 7.14. The average Bonchev–Trinajstić information content (AvgIpc) is 1.97. The minimum atomic E-state index is -1.30. The summed E-state index contributed by atoms with van der Waals surface area (Å²) in [5.74, 6) is 0. The van der Waals surface area contributed by atoms with Gasteiger partial charge in [-0.3, -0.25) is 0 Å². The van der Waals surface area contributed by atoms with Crippen molar-refractivity contribution in [3.8, 4) is 0 Å². The van der Waals surface area contributed by atoms with Crippen LogP contribution in [-0.2, 0) is 0 Å². The molecule has 1 N–H and O–H groups in total. The second-order valence-corrected chi connectivity index (χ2v) is 6.66. The third-order valence-electron chi connectivity index (χ3n) is 1.54. The van der Waals surface area contributed by atoms with E-state index < -0.39 is 15.0 Å². The second kappa shape index (κ2) is 7.62. The van der Waals surface area contributed by atoms with E-state index >= 15 is 0 Å². The summed E-state index contributed by atoms with van der Waals surface area (Å²) >= 11 is -1.30. The van der Waals surface area contributed by atoms with Crippen LogP contribution >= 0.6 is 0 Å². The van der Waals surface area contributed by atoms with Gasteiger partial charge in [-0.15, -0.1) is 0 Å². The van der Waals surface area contributed by atoms with Gasteiger partial charge < -0.3 is 0 Å². The van der Waals surface area contributed by atoms with E-state index in [2.05, 4.69) is 13.8 Å². The van der Waals surface area contributed by atoms with Gasteiger partial charge in [0.2, 0.25) is 0 Å². The molecule has 0 aromatic carbocycles. The molecule has 10 heavy (non-hydrogen) atoms. The first kappa shape index (κ1) is 10.5. The molecule has 2 heteroatoms. The molecule has 0 rings (SSSR count). The number of unbranched alkanes of at least 4 members (excludes halogenated alkanes) is 2. The van der Waals surface area contributed by atoms with E-state index in [0.717, 1.165) is 10.4 Å². The molecule has 0 fully saturated rings. The van der Waals surface area contributed by atoms with E-state index in [4.69, 9.17) is 0 Å². The van der Waals surface area contributed by atoms with Crippen LogP contribution in [0, 0.1) is 0 Å². The molecular weight excluding hydrogens is 187 g/mol. The molecular formula is C8H19AsO. The Balaban J connectivity index is 3.00. The normalized spacial score (nSPS) is 10.8. The maximum absolute atomic E-state index is 9.46. The molecule has 0 aromatic rings. The summed E-state index contributed by atoms with van der Waals surface area (Å²) in [4.78, 5) is 0. The summed E-state index contributed by atoms with van der Waals surface area (Å²) in [6.07, 6.45) is 4.94. The molecule has 0 aliphatic carbocycles. The first-order valence-corrected chi connectivity index (χ1v) is 7.74. The Morgan fingerprint density at radius 2 is 1.40 bits per heavy atom. The Bertz CT molecular complexity index is 58.3. The average molecular weight is 206 g/mol. The third-order valence-corrected chi connectivity index (χ3v) is 5.03. The molecule has 1 nitrogen and oxygen atoms in total. The van der Waals surface area contributed by atoms with Crippen LogP contribution in [0.2, 0.25) is 10.4 Å². The Kier molecular flexibility index (Phi) is 8.02. The molecule has 0 atom stereocenters. The van der Waals surface area contributed by atoms with Gasteiger partial charge in [0.1, 0.15) is 0 Å². The van der Waals surface area contributed by atoms with Gasteiger partial charge >= 0.3 is 69.0 Å². The summed E-state index contributed by atoms with van der Waals surface area (Å²) < 4.78 is 9.46. The molecule has 0 aromatic heterocycles. The molecule has 62 valence electrons. The van der Waals surface area contributed by atoms with Gasteiger partial charge in [0.15, 0.2) is 0 Å². The topological polar surface area (TPSA) is 20.2 Å². The van der Waals surface area contributed by atoms with Crippen molar-refractivity contribution in [3.63, 3.8) is 0 Å². The van der Waals surface area contributed by atoms with Crippen LogP contribution in [0.5, 0.6) is 0 Å². The van der Waals surface area contributed by atoms with Crippen LogP contribution in [0.25, 0.3) is 0 Å². The summed E-state index contributed by atoms with van der Waals surface area (Å²) in [5.41, 5.74) is 0. The predicted octanol–water partition coefficient (Wildman–Crippen LogP) is 2.57. The maximum atomic E-state index is 9.46. The molecule has 0 aliphatic rings. The molecule has 0 amide bonds. The summed E-state index contributed by atoms with van der Waals surface area (Å²) in [6.45, 7) is 4.37. The van der Waals surface area contributed by atoms with Crippen molar-refractivity contribution in [2.45, 2.75) is 49.9 Å². The molecule has 0 aliphatic heterocycles. The van der Waals surface area contributed by atoms with Crippen LogP contribution in [0.15, 0.2) is 0 Å². The predicted molar refractivity (Wildman–Crippen MR) is 47.4 cm³/mol. The van der Waals surface area contributed by atoms with Gasteiger partial charge in [0.25, 0.3) is 0 Å². The van der Waals surface area contributed by atoms with Crippen molar-refractivity contribution < 1.29 is 4.10 Å². The molecule has 0 saturated heterocycles. The fourth-order valence-electron chi connectivity index (χ4n) is 0.793. The van der Waals surface area contributed by atoms with Gasteiger partial charge in [-0.2, -0.15) is 0 Å². The Hall–Kier alpha value is 0.518. The SMILES string of the molecule is CCCC[As](O)CCCC. The monoisotopic (exact) mass is 206 g/mol. The van der Waals surface area contributed by atoms with Gasteiger partial charge in [0, 0.05) is 0 Å². The molecule has 0 saturated carbocycles. The zero-order chi connectivity index (χ0) is 7.82. The second-order valence-electron chi connectivity index (χ2n) is 2.66. The van der Waals surface area contributed by atoms with Gasteiger partial charge in [-0.25, -0.2) is 0 Å². The standard InChI is InChI=1S/C8H19AsO/c1-3-5-7-9(10)8-6-4-2/h10H,3-8H2,1-2H3. The van der Waals surface area contributed by atoms with E-state index in [-0.39, 0.29) is 0 Å². The van der Waals surface area contributed by atoms with E-state index in [1.807, 2.05) is 0 Å². The molecule has 0 bridgehead atoms. The number of rotatable bonds is 6. The fraction of sp³-hybridized carbons (Fsp3) is 1.00. The van der Waals surface area contributed by atoms with Crippen molar-refractivity contribution in [2.24, 2.45) is 0 Å². The van der Waals surface area contributed by atoms with Crippen LogP contribution in [0.3, 0.4) is 0 Å². The van der Waals surface area contributed by atoms with E-state index in [1.54, 1.807) is 0 Å². The Morgan fingerprint density at radius 3 is 1.70 bits per heavy atom. The van der Waals surface area contributed by atoms with Crippen molar-refractivity contribution in [3.05, 3.63) is 0 Å². The zero-order valence-corrected chi connectivity index (χ0v) is 9.01. The van der Waals surface area contributed by atoms with Crippen LogP contribution in [0.4, 0.5) is 0 Å². The van der Waals surface area contributed by atoms with Gasteiger partial charge in [0.05, 0.1) is 0 Å². The van der Waals surface area contributed by atoms with Crippen LogP contribution in [0.1, 0.15) is 39.5 Å². The van der Waals surface area contributed by atoms with E-state index in [9.17, 15) is 4.10 Å². The summed E-state index contributed by atoms with van der Waals surface area (Å²) in [5, 5.41) is 2.28. The van der Waals surface area contributed by atoms with Crippen LogP contribution in [-0.4, -0.2) is 19.1 Å². The molecule has 0 radical (unpaired) electrons. The number of hydrogen-bond acceptors (Lipinski definition) is 1. The van der Waals surface area contributed by atoms with E-state index in [0.29, 0.717) is 0 Å². The van der Waals surface area contributed by atoms with Crippen molar-refractivity contribution >= 4 is 15.0 Å². The Labute approximate surface area is 69.4 Å². The fourth-order valence-corrected chi connectivity index (χ4v) is 4.12. The van der Waals surface area contributed by atoms with Crippen LogP contribution < -0.4 is 0 Å². The van der Waals surface area contributed by atoms with Gasteiger partial charge in [-0.05, 0) is 0 Å². The summed E-state index contributed by atoms with van der Waals surface area (Å²) in [6, 6.07) is 0. The van der Waals surface area contributed by atoms with Crippen molar-refractivity contribution in [2.75, 3.05) is 0 Å². The Morgan fingerprint density at radius 1 is 1.00 bits per heavy atom. The van der Waals surface area contributed by atoms with Crippen molar-refractivity contribution in [1.29, 1.82) is 0 Å². The molecule has 0 spiro atoms. The quantitative estimate of drug-likeness (QED) is 0.662. The first-order valence-electron chi connectivity index (χ1n) is 4.25.